The van der Waals surface area contributed by atoms with E-state index < -0.39 is 11.9 Å². The van der Waals surface area contributed by atoms with E-state index in [2.05, 4.69) is 15.2 Å². The van der Waals surface area contributed by atoms with Gasteiger partial charge in [-0.1, -0.05) is 29.4 Å². The molecule has 0 saturated carbocycles. The molecule has 0 fully saturated rings. The predicted octanol–water partition coefficient (Wildman–Crippen LogP) is 4.14. The van der Waals surface area contributed by atoms with E-state index in [4.69, 9.17) is 4.52 Å². The number of phenolic OH excluding ortho intramolecular Hbond substituents is 2. The molecule has 1 amide bonds. The maximum absolute atomic E-state index is 13.4. The van der Waals surface area contributed by atoms with Gasteiger partial charge in [-0.25, -0.2) is 5.01 Å². The molecule has 0 radical (unpaired) electrons. The lowest BCUT2D eigenvalue weighted by molar-refractivity contribution is 0.0699. The minimum Gasteiger partial charge on any atom is -0.508 e. The second-order valence-electron chi connectivity index (χ2n) is 7.34. The smallest absolute Gasteiger partial charge is 0.296 e. The van der Waals surface area contributed by atoms with Crippen LogP contribution in [-0.2, 0) is 0 Å². The zero-order valence-corrected chi connectivity index (χ0v) is 16.8. The lowest BCUT2D eigenvalue weighted by Crippen LogP contribution is -2.27. The van der Waals surface area contributed by atoms with Gasteiger partial charge in [0.1, 0.15) is 11.5 Å². The third kappa shape index (κ3) is 3.58. The van der Waals surface area contributed by atoms with Gasteiger partial charge in [-0.3, -0.25) is 9.78 Å². The van der Waals surface area contributed by atoms with Crippen LogP contribution in [0.25, 0.3) is 11.3 Å². The Balaban J connectivity index is 1.51. The first kappa shape index (κ1) is 19.5. The summed E-state index contributed by atoms with van der Waals surface area (Å²) in [5.41, 5.74) is 2.83. The topological polar surface area (TPSA) is 112 Å². The highest BCUT2D eigenvalue weighted by Gasteiger charge is 2.36. The van der Waals surface area contributed by atoms with E-state index in [9.17, 15) is 15.0 Å². The highest BCUT2D eigenvalue weighted by molar-refractivity contribution is 6.04. The molecule has 1 aliphatic heterocycles. The molecule has 1 unspecified atom stereocenters. The van der Waals surface area contributed by atoms with Gasteiger partial charge < -0.3 is 14.7 Å². The van der Waals surface area contributed by atoms with Crippen LogP contribution in [0, 0.1) is 0 Å². The van der Waals surface area contributed by atoms with E-state index in [0.717, 1.165) is 5.56 Å². The first-order valence-electron chi connectivity index (χ1n) is 9.95. The Bertz CT molecular complexity index is 1300. The van der Waals surface area contributed by atoms with Crippen LogP contribution in [0.2, 0.25) is 0 Å². The van der Waals surface area contributed by atoms with Crippen molar-refractivity contribution in [2.75, 3.05) is 0 Å². The van der Waals surface area contributed by atoms with Gasteiger partial charge in [-0.05, 0) is 36.4 Å². The van der Waals surface area contributed by atoms with Gasteiger partial charge in [0.2, 0.25) is 0 Å². The number of para-hydroxylation sites is 1. The minimum atomic E-state index is -0.507. The third-order valence-corrected chi connectivity index (χ3v) is 5.29. The van der Waals surface area contributed by atoms with Crippen molar-refractivity contribution < 1.29 is 19.5 Å². The maximum atomic E-state index is 13.4. The fraction of sp³-hybridized carbons (Fsp3) is 0.0833. The second-order valence-corrected chi connectivity index (χ2v) is 7.34. The van der Waals surface area contributed by atoms with Crippen LogP contribution in [0.3, 0.4) is 0 Å². The van der Waals surface area contributed by atoms with Crippen molar-refractivity contribution in [1.82, 2.24) is 15.1 Å². The van der Waals surface area contributed by atoms with Crippen LogP contribution in [-0.4, -0.2) is 37.0 Å². The van der Waals surface area contributed by atoms with Gasteiger partial charge in [-0.15, -0.1) is 0 Å². The molecule has 2 aromatic heterocycles. The highest BCUT2D eigenvalue weighted by Crippen LogP contribution is 2.38. The molecule has 32 heavy (non-hydrogen) atoms. The number of rotatable bonds is 4. The van der Waals surface area contributed by atoms with E-state index in [1.807, 2.05) is 6.07 Å². The molecule has 1 atom stereocenters. The van der Waals surface area contributed by atoms with Crippen molar-refractivity contribution in [2.24, 2.45) is 5.10 Å². The fourth-order valence-corrected chi connectivity index (χ4v) is 3.67. The lowest BCUT2D eigenvalue weighted by atomic mass is 9.98. The van der Waals surface area contributed by atoms with Crippen LogP contribution in [0.1, 0.15) is 34.1 Å². The molecule has 0 saturated heterocycles. The van der Waals surface area contributed by atoms with E-state index in [1.54, 1.807) is 54.9 Å². The Hall–Kier alpha value is -4.46. The van der Waals surface area contributed by atoms with Crippen LogP contribution in [0.15, 0.2) is 88.7 Å². The standard InChI is InChI=1S/C24H18N4O4/c29-17-9-7-15(8-10-17)23-13-20(27-32-23)24(31)28-21(18-5-1-2-6-22(18)30)12-19(26-28)16-4-3-11-25-14-16/h1-11,13-14,21,29-30H,12H2. The zero-order chi connectivity index (χ0) is 22.1. The average molecular weight is 426 g/mol. The van der Waals surface area contributed by atoms with Gasteiger partial charge in [-0.2, -0.15) is 5.10 Å². The second kappa shape index (κ2) is 7.99. The van der Waals surface area contributed by atoms with Crippen molar-refractivity contribution >= 4 is 11.6 Å². The summed E-state index contributed by atoms with van der Waals surface area (Å²) in [6.07, 6.45) is 3.77. The summed E-state index contributed by atoms with van der Waals surface area (Å²) in [7, 11) is 0. The number of benzene rings is 2. The molecular weight excluding hydrogens is 408 g/mol. The van der Waals surface area contributed by atoms with Gasteiger partial charge in [0, 0.05) is 41.6 Å². The third-order valence-electron chi connectivity index (χ3n) is 5.29. The Morgan fingerprint density at radius 3 is 2.56 bits per heavy atom. The molecule has 0 spiro atoms. The number of phenols is 2. The number of hydrogen-bond acceptors (Lipinski definition) is 7. The van der Waals surface area contributed by atoms with E-state index in [-0.39, 0.29) is 17.2 Å². The molecule has 158 valence electrons. The number of carbonyl (C=O) groups is 1. The van der Waals surface area contributed by atoms with Crippen LogP contribution < -0.4 is 0 Å². The number of nitrogens with zero attached hydrogens (tertiary/aromatic N) is 4. The average Bonchev–Trinajstić information content (AvgIpc) is 3.48. The Morgan fingerprint density at radius 2 is 1.81 bits per heavy atom. The minimum absolute atomic E-state index is 0.0860. The predicted molar refractivity (Wildman–Crippen MR) is 116 cm³/mol. The van der Waals surface area contributed by atoms with E-state index >= 15 is 0 Å². The molecule has 5 rings (SSSR count). The molecule has 0 bridgehead atoms. The van der Waals surface area contributed by atoms with Gasteiger partial charge >= 0.3 is 0 Å². The van der Waals surface area contributed by atoms with E-state index in [0.29, 0.717) is 29.0 Å². The molecule has 4 aromatic rings. The van der Waals surface area contributed by atoms with Crippen molar-refractivity contribution in [2.45, 2.75) is 12.5 Å². The summed E-state index contributed by atoms with van der Waals surface area (Å²) in [5.74, 6) is 0.154. The van der Waals surface area contributed by atoms with Gasteiger partial charge in [0.05, 0.1) is 11.8 Å². The molecule has 8 nitrogen and oxygen atoms in total. The van der Waals surface area contributed by atoms with Gasteiger partial charge in [0.25, 0.3) is 5.91 Å². The monoisotopic (exact) mass is 426 g/mol. The summed E-state index contributed by atoms with van der Waals surface area (Å²) < 4.78 is 5.36. The quantitative estimate of drug-likeness (QED) is 0.507. The number of hydrogen-bond donors (Lipinski definition) is 2. The summed E-state index contributed by atoms with van der Waals surface area (Å²) >= 11 is 0. The lowest BCUT2D eigenvalue weighted by Gasteiger charge is -2.21. The molecule has 8 heteroatoms. The number of aromatic nitrogens is 2. The normalized spacial score (nSPS) is 15.6. The molecule has 0 aliphatic carbocycles. The van der Waals surface area contributed by atoms with Crippen LogP contribution in [0.5, 0.6) is 11.5 Å². The molecule has 2 N–H and O–H groups in total. The Labute approximate surface area is 183 Å². The molecule has 3 heterocycles. The fourth-order valence-electron chi connectivity index (χ4n) is 3.67. The summed E-state index contributed by atoms with van der Waals surface area (Å²) in [6, 6.07) is 18.0. The Kier molecular flexibility index (Phi) is 4.87. The van der Waals surface area contributed by atoms with E-state index in [1.165, 1.54) is 23.2 Å². The first-order chi connectivity index (χ1) is 15.6. The number of carbonyl (C=O) groups excluding carboxylic acids is 1. The molecule has 2 aromatic carbocycles. The SMILES string of the molecule is O=C(c1cc(-c2ccc(O)cc2)on1)N1N=C(c2cccnc2)CC1c1ccccc1O. The number of aromatic hydroxyl groups is 2. The van der Waals surface area contributed by atoms with Crippen molar-refractivity contribution in [3.63, 3.8) is 0 Å². The number of amides is 1. The Morgan fingerprint density at radius 1 is 1.00 bits per heavy atom. The largest absolute Gasteiger partial charge is 0.508 e. The number of hydrazone groups is 1. The maximum Gasteiger partial charge on any atom is 0.296 e. The zero-order valence-electron chi connectivity index (χ0n) is 16.8. The van der Waals surface area contributed by atoms with Gasteiger partial charge in [0.15, 0.2) is 11.5 Å². The molecular formula is C24H18N4O4. The summed E-state index contributed by atoms with van der Waals surface area (Å²) in [4.78, 5) is 17.5. The van der Waals surface area contributed by atoms with Crippen LogP contribution >= 0.6 is 0 Å². The van der Waals surface area contributed by atoms with Crippen molar-refractivity contribution in [3.05, 3.63) is 95.9 Å². The molecule has 1 aliphatic rings. The number of pyridine rings is 1. The van der Waals surface area contributed by atoms with Crippen LogP contribution in [0.4, 0.5) is 0 Å². The first-order valence-corrected chi connectivity index (χ1v) is 9.95. The van der Waals surface area contributed by atoms with Crippen molar-refractivity contribution in [1.29, 1.82) is 0 Å². The summed E-state index contributed by atoms with van der Waals surface area (Å²) in [6.45, 7) is 0. The van der Waals surface area contributed by atoms with Crippen molar-refractivity contribution in [3.8, 4) is 22.8 Å². The highest BCUT2D eigenvalue weighted by atomic mass is 16.5. The summed E-state index contributed by atoms with van der Waals surface area (Å²) in [5, 5.41) is 29.7.